The molecule has 0 atom stereocenters. The van der Waals surface area contributed by atoms with Gasteiger partial charge in [-0.1, -0.05) is 24.3 Å². The van der Waals surface area contributed by atoms with Crippen LogP contribution in [0.1, 0.15) is 5.56 Å². The summed E-state index contributed by atoms with van der Waals surface area (Å²) in [6, 6.07) is 7.85. The zero-order valence-electron chi connectivity index (χ0n) is 7.81. The van der Waals surface area contributed by atoms with Gasteiger partial charge in [0.15, 0.2) is 0 Å². The van der Waals surface area contributed by atoms with Crippen LogP contribution in [-0.4, -0.2) is 22.5 Å². The van der Waals surface area contributed by atoms with Crippen LogP contribution < -0.4 is 11.2 Å². The normalized spacial score (nSPS) is 15.9. The largest absolute Gasteiger partial charge is 0.466 e. The van der Waals surface area contributed by atoms with Crippen LogP contribution in [-0.2, 0) is 20.3 Å². The molecule has 1 aliphatic rings. The van der Waals surface area contributed by atoms with Crippen LogP contribution in [0.15, 0.2) is 24.3 Å². The van der Waals surface area contributed by atoms with Gasteiger partial charge in [-0.3, -0.25) is 0 Å². The Hall–Kier alpha value is -0.745. The maximum absolute atomic E-state index is 5.50. The van der Waals surface area contributed by atoms with E-state index < -0.39 is 0 Å². The molecule has 0 saturated carbocycles. The molecule has 0 radical (unpaired) electrons. The molecule has 1 aliphatic heterocycles. The number of rotatable bonds is 2. The van der Waals surface area contributed by atoms with Crippen LogP contribution in [0, 0.1) is 0 Å². The Morgan fingerprint density at radius 1 is 1.14 bits per heavy atom. The van der Waals surface area contributed by atoms with E-state index >= 15 is 0 Å². The van der Waals surface area contributed by atoms with Gasteiger partial charge in [0.1, 0.15) is 0 Å². The van der Waals surface area contributed by atoms with Crippen molar-refractivity contribution in [1.29, 1.82) is 0 Å². The van der Waals surface area contributed by atoms with Crippen molar-refractivity contribution in [3.05, 3.63) is 29.8 Å². The molecule has 1 saturated heterocycles. The second-order valence-electron chi connectivity index (χ2n) is 3.05. The Bertz CT molecular complexity index is 289. The minimum atomic E-state index is -0.310. The van der Waals surface area contributed by atoms with Crippen molar-refractivity contribution in [2.24, 2.45) is 5.73 Å². The molecule has 2 rings (SSSR count). The lowest BCUT2D eigenvalue weighted by Gasteiger charge is -2.19. The molecule has 14 heavy (non-hydrogen) atoms. The summed E-state index contributed by atoms with van der Waals surface area (Å²) in [6.07, 6.45) is 0. The van der Waals surface area contributed by atoms with E-state index in [1.165, 1.54) is 0 Å². The number of nitrogens with two attached hydrogens (primary N) is 1. The molecule has 0 amide bonds. The van der Waals surface area contributed by atoms with Crippen molar-refractivity contribution >= 4 is 28.0 Å². The Morgan fingerprint density at radius 2 is 1.79 bits per heavy atom. The molecule has 1 aromatic carbocycles. The van der Waals surface area contributed by atoms with Crippen LogP contribution in [0.3, 0.4) is 0 Å². The van der Waals surface area contributed by atoms with E-state index in [1.54, 1.807) is 0 Å². The maximum atomic E-state index is 5.50. The smallest absolute Gasteiger partial charge is 0.458 e. The van der Waals surface area contributed by atoms with Crippen LogP contribution >= 0.6 is 0 Å². The average Bonchev–Trinajstić information content (AvgIpc) is 2.30. The van der Waals surface area contributed by atoms with Crippen molar-refractivity contribution in [1.82, 2.24) is 0 Å². The summed E-state index contributed by atoms with van der Waals surface area (Å²) in [5, 5.41) is 0. The van der Waals surface area contributed by atoms with Gasteiger partial charge in [-0.05, 0) is 11.0 Å². The van der Waals surface area contributed by atoms with Gasteiger partial charge < -0.3 is 19.4 Å². The highest BCUT2D eigenvalue weighted by atomic mass is 16.7. The van der Waals surface area contributed by atoms with E-state index in [-0.39, 0.29) is 22.5 Å². The predicted molar refractivity (Wildman–Crippen MR) is 57.3 cm³/mol. The van der Waals surface area contributed by atoms with E-state index in [9.17, 15) is 0 Å². The summed E-state index contributed by atoms with van der Waals surface area (Å²) in [6.45, 7) is 0.551. The molecule has 2 N–H and O–H groups in total. The van der Waals surface area contributed by atoms with E-state index in [0.29, 0.717) is 6.54 Å². The maximum Gasteiger partial charge on any atom is 0.466 e. The molecule has 0 unspecified atom stereocenters. The minimum absolute atomic E-state index is 0.281. The number of hydrogen-bond acceptors (Lipinski definition) is 4. The SMILES string of the molecule is NCc1ccc(B2OBOBO2)cc1. The summed E-state index contributed by atoms with van der Waals surface area (Å²) in [5.74, 6) is 0. The van der Waals surface area contributed by atoms with E-state index in [1.807, 2.05) is 24.3 Å². The first-order chi connectivity index (χ1) is 6.90. The molecule has 7 heteroatoms. The quantitative estimate of drug-likeness (QED) is 0.571. The summed E-state index contributed by atoms with van der Waals surface area (Å²) in [7, 11) is 0.252. The van der Waals surface area contributed by atoms with Crippen molar-refractivity contribution < 1.29 is 13.7 Å². The molecule has 0 aromatic heterocycles. The van der Waals surface area contributed by atoms with Gasteiger partial charge in [-0.2, -0.15) is 0 Å². The molecule has 1 heterocycles. The lowest BCUT2D eigenvalue weighted by Crippen LogP contribution is -2.44. The van der Waals surface area contributed by atoms with E-state index in [4.69, 9.17) is 19.4 Å². The van der Waals surface area contributed by atoms with Gasteiger partial charge in [0.25, 0.3) is 0 Å². The minimum Gasteiger partial charge on any atom is -0.458 e. The van der Waals surface area contributed by atoms with Gasteiger partial charge >= 0.3 is 22.5 Å². The lowest BCUT2D eigenvalue weighted by atomic mass is 9.75. The van der Waals surface area contributed by atoms with Gasteiger partial charge in [-0.25, -0.2) is 0 Å². The van der Waals surface area contributed by atoms with Crippen LogP contribution in [0.5, 0.6) is 0 Å². The fraction of sp³-hybridized carbons (Fsp3) is 0.143. The van der Waals surface area contributed by atoms with Crippen molar-refractivity contribution in [2.45, 2.75) is 6.54 Å². The molecule has 70 valence electrons. The Kier molecular flexibility index (Phi) is 3.26. The van der Waals surface area contributed by atoms with Gasteiger partial charge in [0.05, 0.1) is 0 Å². The first-order valence-corrected chi connectivity index (χ1v) is 4.50. The molecular formula is C7H10B3NO3. The molecule has 0 spiro atoms. The van der Waals surface area contributed by atoms with Gasteiger partial charge in [0, 0.05) is 6.54 Å². The van der Waals surface area contributed by atoms with Crippen LogP contribution in [0.2, 0.25) is 0 Å². The van der Waals surface area contributed by atoms with Crippen molar-refractivity contribution in [3.63, 3.8) is 0 Å². The number of hydrogen-bond donors (Lipinski definition) is 1. The standard InChI is InChI=1S/C7H10B3NO3/c11-5-6-1-3-7(4-2-6)10-13-8-12-9-14-10/h1-4,8-9H,5,11H2. The fourth-order valence-electron chi connectivity index (χ4n) is 1.31. The van der Waals surface area contributed by atoms with Crippen molar-refractivity contribution in [2.75, 3.05) is 0 Å². The Labute approximate surface area is 84.5 Å². The third-order valence-electron chi connectivity index (χ3n) is 2.09. The van der Waals surface area contributed by atoms with Crippen LogP contribution in [0.4, 0.5) is 0 Å². The molecule has 4 nitrogen and oxygen atoms in total. The summed E-state index contributed by atoms with van der Waals surface area (Å²) in [4.78, 5) is 0. The van der Waals surface area contributed by atoms with Crippen molar-refractivity contribution in [3.8, 4) is 0 Å². The zero-order valence-corrected chi connectivity index (χ0v) is 7.81. The molecule has 1 fully saturated rings. The Morgan fingerprint density at radius 3 is 2.36 bits per heavy atom. The third kappa shape index (κ3) is 2.19. The molecular weight excluding hydrogens is 179 g/mol. The third-order valence-corrected chi connectivity index (χ3v) is 2.09. The van der Waals surface area contributed by atoms with Gasteiger partial charge in [0.2, 0.25) is 0 Å². The molecule has 1 aromatic rings. The topological polar surface area (TPSA) is 53.7 Å². The van der Waals surface area contributed by atoms with E-state index in [0.717, 1.165) is 11.0 Å². The second kappa shape index (κ2) is 4.66. The monoisotopic (exact) mass is 189 g/mol. The highest BCUT2D eigenvalue weighted by molar-refractivity contribution is 6.71. The average molecular weight is 189 g/mol. The highest BCUT2D eigenvalue weighted by Crippen LogP contribution is 2.00. The first kappa shape index (κ1) is 9.80. The van der Waals surface area contributed by atoms with E-state index in [2.05, 4.69) is 0 Å². The fourth-order valence-corrected chi connectivity index (χ4v) is 1.31. The zero-order chi connectivity index (χ0) is 9.80. The molecule has 0 aliphatic carbocycles. The predicted octanol–water partition coefficient (Wildman–Crippen LogP) is -1.56. The summed E-state index contributed by atoms with van der Waals surface area (Å²) < 4.78 is 15.4. The van der Waals surface area contributed by atoms with Crippen LogP contribution in [0.25, 0.3) is 0 Å². The summed E-state index contributed by atoms with van der Waals surface area (Å²) >= 11 is 0. The highest BCUT2D eigenvalue weighted by Gasteiger charge is 2.25. The second-order valence-corrected chi connectivity index (χ2v) is 3.05. The lowest BCUT2D eigenvalue weighted by molar-refractivity contribution is 0.334. The number of benzene rings is 1. The molecule has 0 bridgehead atoms. The first-order valence-electron chi connectivity index (χ1n) is 4.50. The Balaban J connectivity index is 2.07. The summed E-state index contributed by atoms with van der Waals surface area (Å²) in [5.41, 5.74) is 7.59. The van der Waals surface area contributed by atoms with Gasteiger partial charge in [-0.15, -0.1) is 0 Å².